The lowest BCUT2D eigenvalue weighted by atomic mass is 9.93. The van der Waals surface area contributed by atoms with E-state index >= 15 is 0 Å². The zero-order valence-electron chi connectivity index (χ0n) is 8.22. The van der Waals surface area contributed by atoms with E-state index in [1.807, 2.05) is 0 Å². The maximum atomic E-state index is 11.7. The van der Waals surface area contributed by atoms with Gasteiger partial charge in [0.2, 0.25) is 0 Å². The van der Waals surface area contributed by atoms with E-state index in [-0.39, 0.29) is 0 Å². The second-order valence-corrected chi connectivity index (χ2v) is 4.31. The SMILES string of the molecule is O=C1CCCCCCC2CCC=C12. The first-order valence-electron chi connectivity index (χ1n) is 5.61. The summed E-state index contributed by atoms with van der Waals surface area (Å²) in [7, 11) is 0. The Hall–Kier alpha value is -0.590. The number of allylic oxidation sites excluding steroid dienone is 2. The van der Waals surface area contributed by atoms with Gasteiger partial charge in [-0.15, -0.1) is 0 Å². The molecule has 0 bridgehead atoms. The summed E-state index contributed by atoms with van der Waals surface area (Å²) in [6.07, 6.45) is 11.7. The second-order valence-electron chi connectivity index (χ2n) is 4.31. The number of hydrogen-bond acceptors (Lipinski definition) is 1. The van der Waals surface area contributed by atoms with Crippen molar-refractivity contribution in [1.82, 2.24) is 0 Å². The number of hydrogen-bond donors (Lipinski definition) is 0. The fourth-order valence-corrected chi connectivity index (χ4v) is 2.58. The summed E-state index contributed by atoms with van der Waals surface area (Å²) >= 11 is 0. The van der Waals surface area contributed by atoms with Crippen molar-refractivity contribution in [3.8, 4) is 0 Å². The number of fused-ring (bicyclic) bond motifs is 1. The molecule has 0 aliphatic heterocycles. The van der Waals surface area contributed by atoms with Crippen molar-refractivity contribution >= 4 is 5.78 Å². The third kappa shape index (κ3) is 2.01. The molecule has 0 N–H and O–H groups in total. The summed E-state index contributed by atoms with van der Waals surface area (Å²) in [4.78, 5) is 11.7. The van der Waals surface area contributed by atoms with Crippen molar-refractivity contribution in [2.75, 3.05) is 0 Å². The highest BCUT2D eigenvalue weighted by atomic mass is 16.1. The zero-order valence-corrected chi connectivity index (χ0v) is 8.22. The summed E-state index contributed by atoms with van der Waals surface area (Å²) in [5.74, 6) is 1.08. The number of rotatable bonds is 0. The Morgan fingerprint density at radius 2 is 1.92 bits per heavy atom. The first-order valence-corrected chi connectivity index (χ1v) is 5.61. The summed E-state index contributed by atoms with van der Waals surface area (Å²) in [6, 6.07) is 0. The topological polar surface area (TPSA) is 17.1 Å². The van der Waals surface area contributed by atoms with E-state index in [1.165, 1.54) is 37.7 Å². The molecule has 1 unspecified atom stereocenters. The van der Waals surface area contributed by atoms with Gasteiger partial charge in [-0.1, -0.05) is 25.3 Å². The molecule has 0 aromatic carbocycles. The molecule has 0 saturated heterocycles. The molecular weight excluding hydrogens is 160 g/mol. The molecule has 0 aromatic rings. The largest absolute Gasteiger partial charge is 0.295 e. The predicted molar refractivity (Wildman–Crippen MR) is 53.5 cm³/mol. The minimum atomic E-state index is 0.449. The predicted octanol–water partition coefficient (Wildman–Crippen LogP) is 3.25. The number of carbonyl (C=O) groups is 1. The summed E-state index contributed by atoms with van der Waals surface area (Å²) in [5.41, 5.74) is 1.18. The van der Waals surface area contributed by atoms with Crippen LogP contribution in [0.2, 0.25) is 0 Å². The smallest absolute Gasteiger partial charge is 0.158 e. The molecule has 1 heteroatoms. The Morgan fingerprint density at radius 3 is 2.85 bits per heavy atom. The van der Waals surface area contributed by atoms with E-state index in [9.17, 15) is 4.79 Å². The third-order valence-corrected chi connectivity index (χ3v) is 3.35. The minimum absolute atomic E-state index is 0.449. The van der Waals surface area contributed by atoms with Gasteiger partial charge in [-0.25, -0.2) is 0 Å². The monoisotopic (exact) mass is 178 g/mol. The molecule has 0 heterocycles. The molecule has 2 aliphatic rings. The normalized spacial score (nSPS) is 30.0. The van der Waals surface area contributed by atoms with Crippen molar-refractivity contribution in [3.05, 3.63) is 11.6 Å². The molecule has 0 spiro atoms. The number of carbonyl (C=O) groups excluding carboxylic acids is 1. The van der Waals surface area contributed by atoms with Crippen LogP contribution in [0, 0.1) is 5.92 Å². The first kappa shape index (κ1) is 8.98. The Kier molecular flexibility index (Phi) is 2.82. The number of Topliss-reactive ketones (excluding diaryl/α,β-unsaturated/α-hetero) is 1. The van der Waals surface area contributed by atoms with Crippen molar-refractivity contribution < 1.29 is 4.79 Å². The van der Waals surface area contributed by atoms with Crippen LogP contribution in [0.5, 0.6) is 0 Å². The number of ketones is 1. The van der Waals surface area contributed by atoms with Crippen LogP contribution in [0.1, 0.15) is 51.4 Å². The van der Waals surface area contributed by atoms with Gasteiger partial charge in [-0.2, -0.15) is 0 Å². The van der Waals surface area contributed by atoms with Gasteiger partial charge in [0, 0.05) is 6.42 Å². The van der Waals surface area contributed by atoms with Crippen LogP contribution >= 0.6 is 0 Å². The van der Waals surface area contributed by atoms with E-state index in [0.29, 0.717) is 11.7 Å². The molecule has 1 nitrogen and oxygen atoms in total. The molecule has 0 aromatic heterocycles. The van der Waals surface area contributed by atoms with Crippen LogP contribution in [-0.2, 0) is 4.79 Å². The highest BCUT2D eigenvalue weighted by Crippen LogP contribution is 2.33. The Bertz CT molecular complexity index is 227. The highest BCUT2D eigenvalue weighted by Gasteiger charge is 2.24. The average Bonchev–Trinajstić information content (AvgIpc) is 2.58. The van der Waals surface area contributed by atoms with Crippen LogP contribution < -0.4 is 0 Å². The van der Waals surface area contributed by atoms with Crippen LogP contribution in [0.3, 0.4) is 0 Å². The van der Waals surface area contributed by atoms with E-state index in [2.05, 4.69) is 6.08 Å². The Balaban J connectivity index is 2.08. The lowest BCUT2D eigenvalue weighted by Crippen LogP contribution is -2.08. The van der Waals surface area contributed by atoms with Gasteiger partial charge in [0.25, 0.3) is 0 Å². The van der Waals surface area contributed by atoms with Gasteiger partial charge in [0.05, 0.1) is 0 Å². The van der Waals surface area contributed by atoms with Crippen LogP contribution in [0.4, 0.5) is 0 Å². The van der Waals surface area contributed by atoms with Gasteiger partial charge in [-0.3, -0.25) is 4.79 Å². The summed E-state index contributed by atoms with van der Waals surface area (Å²) in [6.45, 7) is 0. The van der Waals surface area contributed by atoms with E-state index in [4.69, 9.17) is 0 Å². The van der Waals surface area contributed by atoms with Gasteiger partial charge in [0.1, 0.15) is 0 Å². The average molecular weight is 178 g/mol. The Labute approximate surface area is 80.2 Å². The molecule has 0 amide bonds. The molecule has 2 aliphatic carbocycles. The van der Waals surface area contributed by atoms with Crippen LogP contribution in [0.25, 0.3) is 0 Å². The third-order valence-electron chi connectivity index (χ3n) is 3.35. The van der Waals surface area contributed by atoms with E-state index < -0.39 is 0 Å². The van der Waals surface area contributed by atoms with Crippen molar-refractivity contribution in [3.63, 3.8) is 0 Å². The molecule has 1 saturated carbocycles. The molecule has 13 heavy (non-hydrogen) atoms. The van der Waals surface area contributed by atoms with Crippen molar-refractivity contribution in [2.24, 2.45) is 5.92 Å². The molecule has 0 radical (unpaired) electrons. The maximum Gasteiger partial charge on any atom is 0.158 e. The van der Waals surface area contributed by atoms with Gasteiger partial charge in [0.15, 0.2) is 5.78 Å². The van der Waals surface area contributed by atoms with Crippen LogP contribution in [0.15, 0.2) is 11.6 Å². The zero-order chi connectivity index (χ0) is 9.10. The molecule has 1 atom stereocenters. The van der Waals surface area contributed by atoms with Crippen molar-refractivity contribution in [1.29, 1.82) is 0 Å². The summed E-state index contributed by atoms with van der Waals surface area (Å²) < 4.78 is 0. The van der Waals surface area contributed by atoms with Gasteiger partial charge in [-0.05, 0) is 37.2 Å². The minimum Gasteiger partial charge on any atom is -0.295 e. The molecule has 72 valence electrons. The molecular formula is C12H18O. The van der Waals surface area contributed by atoms with Gasteiger partial charge < -0.3 is 0 Å². The fraction of sp³-hybridized carbons (Fsp3) is 0.750. The quantitative estimate of drug-likeness (QED) is 0.556. The van der Waals surface area contributed by atoms with Crippen molar-refractivity contribution in [2.45, 2.75) is 51.4 Å². The summed E-state index contributed by atoms with van der Waals surface area (Å²) in [5, 5.41) is 0. The van der Waals surface area contributed by atoms with Crippen LogP contribution in [-0.4, -0.2) is 5.78 Å². The highest BCUT2D eigenvalue weighted by molar-refractivity contribution is 5.96. The lowest BCUT2D eigenvalue weighted by Gasteiger charge is -2.11. The molecule has 2 rings (SSSR count). The van der Waals surface area contributed by atoms with E-state index in [1.54, 1.807) is 0 Å². The Morgan fingerprint density at radius 1 is 1.08 bits per heavy atom. The first-order chi connectivity index (χ1) is 6.38. The lowest BCUT2D eigenvalue weighted by molar-refractivity contribution is -0.116. The van der Waals surface area contributed by atoms with E-state index in [0.717, 1.165) is 19.3 Å². The fourth-order valence-electron chi connectivity index (χ4n) is 2.58. The van der Waals surface area contributed by atoms with Gasteiger partial charge >= 0.3 is 0 Å². The standard InChI is InChI=1S/C12H18O/c13-12-9-4-2-1-3-6-10-7-5-8-11(10)12/h8,10H,1-7,9H2. The maximum absolute atomic E-state index is 11.7. The second kappa shape index (κ2) is 4.08. The molecule has 1 fully saturated rings.